The zero-order valence-electron chi connectivity index (χ0n) is 10.3. The van der Waals surface area contributed by atoms with E-state index in [0.29, 0.717) is 17.1 Å². The average molecular weight is 255 g/mol. The summed E-state index contributed by atoms with van der Waals surface area (Å²) in [6, 6.07) is 6.95. The van der Waals surface area contributed by atoms with Crippen LogP contribution in [0.25, 0.3) is 0 Å². The van der Waals surface area contributed by atoms with Crippen LogP contribution in [-0.4, -0.2) is 32.3 Å². The van der Waals surface area contributed by atoms with Gasteiger partial charge in [0.25, 0.3) is 0 Å². The number of halogens is 1. The van der Waals surface area contributed by atoms with Crippen LogP contribution in [0.3, 0.4) is 0 Å². The molecule has 2 N–H and O–H groups in total. The number of benzene rings is 1. The Morgan fingerprint density at radius 2 is 2.12 bits per heavy atom. The van der Waals surface area contributed by atoms with E-state index in [1.54, 1.807) is 7.11 Å². The van der Waals surface area contributed by atoms with E-state index in [4.69, 9.17) is 16.3 Å². The fourth-order valence-electron chi connectivity index (χ4n) is 2.22. The maximum Gasteiger partial charge on any atom is 0.137 e. The van der Waals surface area contributed by atoms with Gasteiger partial charge in [-0.15, -0.1) is 0 Å². The van der Waals surface area contributed by atoms with Crippen LogP contribution in [0.15, 0.2) is 18.2 Å². The minimum absolute atomic E-state index is 0.466. The third kappa shape index (κ3) is 3.12. The lowest BCUT2D eigenvalue weighted by molar-refractivity contribution is 0.336. The standard InChI is InChI=1S/C13H19ClN2O/c1-9-12(16-6-5-15-9)8-10-3-4-13(17-2)11(14)7-10/h3-4,7,9,12,15-16H,5-6,8H2,1-2H3. The van der Waals surface area contributed by atoms with Crippen LogP contribution in [0, 0.1) is 0 Å². The van der Waals surface area contributed by atoms with Crippen molar-refractivity contribution < 1.29 is 4.74 Å². The van der Waals surface area contributed by atoms with E-state index >= 15 is 0 Å². The molecule has 4 heteroatoms. The van der Waals surface area contributed by atoms with Crippen molar-refractivity contribution >= 4 is 11.6 Å². The smallest absolute Gasteiger partial charge is 0.137 e. The first-order chi connectivity index (χ1) is 8.20. The Morgan fingerprint density at radius 3 is 2.76 bits per heavy atom. The molecule has 1 aromatic rings. The van der Waals surface area contributed by atoms with Gasteiger partial charge in [0.05, 0.1) is 12.1 Å². The SMILES string of the molecule is COc1ccc(CC2NCCNC2C)cc1Cl. The number of nitrogens with one attached hydrogen (secondary N) is 2. The molecular formula is C13H19ClN2O. The molecule has 0 amide bonds. The van der Waals surface area contributed by atoms with Gasteiger partial charge in [-0.25, -0.2) is 0 Å². The highest BCUT2D eigenvalue weighted by molar-refractivity contribution is 6.32. The molecule has 1 aliphatic rings. The van der Waals surface area contributed by atoms with E-state index in [0.717, 1.165) is 25.3 Å². The van der Waals surface area contributed by atoms with E-state index in [1.165, 1.54) is 5.56 Å². The minimum atomic E-state index is 0.466. The van der Waals surface area contributed by atoms with Gasteiger partial charge in [0.1, 0.15) is 5.75 Å². The van der Waals surface area contributed by atoms with Gasteiger partial charge in [-0.1, -0.05) is 17.7 Å². The Morgan fingerprint density at radius 1 is 1.35 bits per heavy atom. The van der Waals surface area contributed by atoms with Crippen LogP contribution in [0.1, 0.15) is 12.5 Å². The van der Waals surface area contributed by atoms with Crippen molar-refractivity contribution in [3.05, 3.63) is 28.8 Å². The van der Waals surface area contributed by atoms with Crippen LogP contribution in [0.4, 0.5) is 0 Å². The fourth-order valence-corrected chi connectivity index (χ4v) is 2.50. The summed E-state index contributed by atoms with van der Waals surface area (Å²) < 4.78 is 5.15. The van der Waals surface area contributed by atoms with E-state index in [-0.39, 0.29) is 0 Å². The number of methoxy groups -OCH3 is 1. The van der Waals surface area contributed by atoms with E-state index in [9.17, 15) is 0 Å². The molecule has 0 aromatic heterocycles. The molecule has 0 saturated carbocycles. The van der Waals surface area contributed by atoms with Crippen molar-refractivity contribution in [2.75, 3.05) is 20.2 Å². The molecule has 1 aliphatic heterocycles. The normalized spacial score (nSPS) is 24.6. The fraction of sp³-hybridized carbons (Fsp3) is 0.538. The van der Waals surface area contributed by atoms with Crippen molar-refractivity contribution in [3.8, 4) is 5.75 Å². The summed E-state index contributed by atoms with van der Waals surface area (Å²) in [5, 5.41) is 7.68. The predicted molar refractivity (Wildman–Crippen MR) is 71.0 cm³/mol. The van der Waals surface area contributed by atoms with Gasteiger partial charge in [-0.05, 0) is 31.0 Å². The number of piperazine rings is 1. The van der Waals surface area contributed by atoms with Crippen LogP contribution < -0.4 is 15.4 Å². The largest absolute Gasteiger partial charge is 0.495 e. The quantitative estimate of drug-likeness (QED) is 0.864. The predicted octanol–water partition coefficient (Wildman–Crippen LogP) is 1.84. The lowest BCUT2D eigenvalue weighted by atomic mass is 9.99. The Labute approximate surface area is 107 Å². The summed E-state index contributed by atoms with van der Waals surface area (Å²) in [6.07, 6.45) is 0.984. The van der Waals surface area contributed by atoms with Crippen molar-refractivity contribution in [2.45, 2.75) is 25.4 Å². The van der Waals surface area contributed by atoms with E-state index in [2.05, 4.69) is 23.6 Å². The second-order valence-electron chi connectivity index (χ2n) is 4.48. The Hall–Kier alpha value is -0.770. The molecule has 94 valence electrons. The molecular weight excluding hydrogens is 236 g/mol. The van der Waals surface area contributed by atoms with Gasteiger partial charge in [-0.3, -0.25) is 0 Å². The van der Waals surface area contributed by atoms with Gasteiger partial charge >= 0.3 is 0 Å². The highest BCUT2D eigenvalue weighted by Crippen LogP contribution is 2.25. The molecule has 0 spiro atoms. The summed E-state index contributed by atoms with van der Waals surface area (Å²) in [5.74, 6) is 0.734. The van der Waals surface area contributed by atoms with Crippen molar-refractivity contribution in [1.82, 2.24) is 10.6 Å². The molecule has 0 bridgehead atoms. The topological polar surface area (TPSA) is 33.3 Å². The summed E-state index contributed by atoms with van der Waals surface area (Å²) in [4.78, 5) is 0. The molecule has 1 saturated heterocycles. The Balaban J connectivity index is 2.05. The zero-order valence-corrected chi connectivity index (χ0v) is 11.1. The molecule has 2 rings (SSSR count). The van der Waals surface area contributed by atoms with E-state index < -0.39 is 0 Å². The molecule has 2 atom stereocenters. The van der Waals surface area contributed by atoms with Crippen LogP contribution >= 0.6 is 11.6 Å². The summed E-state index contributed by atoms with van der Waals surface area (Å²) in [7, 11) is 1.63. The number of ether oxygens (including phenoxy) is 1. The molecule has 0 aliphatic carbocycles. The monoisotopic (exact) mass is 254 g/mol. The van der Waals surface area contributed by atoms with Gasteiger partial charge in [-0.2, -0.15) is 0 Å². The first kappa shape index (κ1) is 12.7. The van der Waals surface area contributed by atoms with Crippen LogP contribution in [0.5, 0.6) is 5.75 Å². The summed E-state index contributed by atoms with van der Waals surface area (Å²) in [5.41, 5.74) is 1.24. The van der Waals surface area contributed by atoms with Crippen molar-refractivity contribution in [3.63, 3.8) is 0 Å². The second-order valence-corrected chi connectivity index (χ2v) is 4.88. The first-order valence-corrected chi connectivity index (χ1v) is 6.37. The highest BCUT2D eigenvalue weighted by Gasteiger charge is 2.20. The number of hydrogen-bond donors (Lipinski definition) is 2. The van der Waals surface area contributed by atoms with Crippen LogP contribution in [0.2, 0.25) is 5.02 Å². The number of rotatable bonds is 3. The molecule has 2 unspecified atom stereocenters. The molecule has 3 nitrogen and oxygen atoms in total. The van der Waals surface area contributed by atoms with E-state index in [1.807, 2.05) is 12.1 Å². The summed E-state index contributed by atoms with van der Waals surface area (Å²) in [6.45, 7) is 4.28. The number of hydrogen-bond acceptors (Lipinski definition) is 3. The maximum absolute atomic E-state index is 6.12. The third-order valence-electron chi connectivity index (χ3n) is 3.27. The molecule has 1 heterocycles. The Bertz CT molecular complexity index is 384. The third-order valence-corrected chi connectivity index (χ3v) is 3.57. The minimum Gasteiger partial charge on any atom is -0.495 e. The lowest BCUT2D eigenvalue weighted by Gasteiger charge is -2.31. The average Bonchev–Trinajstić information content (AvgIpc) is 2.32. The van der Waals surface area contributed by atoms with Gasteiger partial charge in [0, 0.05) is 25.2 Å². The molecule has 0 radical (unpaired) electrons. The second kappa shape index (κ2) is 5.71. The Kier molecular flexibility index (Phi) is 4.26. The summed E-state index contributed by atoms with van der Waals surface area (Å²) >= 11 is 6.12. The zero-order chi connectivity index (χ0) is 12.3. The van der Waals surface area contributed by atoms with Gasteiger partial charge in [0.15, 0.2) is 0 Å². The van der Waals surface area contributed by atoms with Crippen molar-refractivity contribution in [1.29, 1.82) is 0 Å². The first-order valence-electron chi connectivity index (χ1n) is 6.00. The molecule has 1 aromatic carbocycles. The molecule has 17 heavy (non-hydrogen) atoms. The lowest BCUT2D eigenvalue weighted by Crippen LogP contribution is -2.55. The van der Waals surface area contributed by atoms with Gasteiger partial charge in [0.2, 0.25) is 0 Å². The van der Waals surface area contributed by atoms with Gasteiger partial charge < -0.3 is 15.4 Å². The highest BCUT2D eigenvalue weighted by atomic mass is 35.5. The molecule has 1 fully saturated rings. The van der Waals surface area contributed by atoms with Crippen molar-refractivity contribution in [2.24, 2.45) is 0 Å². The maximum atomic E-state index is 6.12. The van der Waals surface area contributed by atoms with Crippen LogP contribution in [-0.2, 0) is 6.42 Å².